The molecule has 0 unspecified atom stereocenters. The van der Waals surface area contributed by atoms with Gasteiger partial charge in [-0.3, -0.25) is 10.7 Å². The molecule has 1 rings (SSSR count). The highest BCUT2D eigenvalue weighted by Crippen LogP contribution is 2.07. The fourth-order valence-corrected chi connectivity index (χ4v) is 1.88. The van der Waals surface area contributed by atoms with Crippen molar-refractivity contribution >= 4 is 12.4 Å². The number of hydrogen-bond acceptors (Lipinski definition) is 2. The molecule has 0 atom stereocenters. The fourth-order valence-electron chi connectivity index (χ4n) is 1.88. The Morgan fingerprint density at radius 3 is 2.24 bits per heavy atom. The van der Waals surface area contributed by atoms with Crippen molar-refractivity contribution in [2.75, 3.05) is 0 Å². The van der Waals surface area contributed by atoms with Gasteiger partial charge in [-0.25, -0.2) is 4.68 Å². The van der Waals surface area contributed by atoms with Crippen molar-refractivity contribution in [3.05, 3.63) is 11.2 Å². The second kappa shape index (κ2) is 9.28. The van der Waals surface area contributed by atoms with Crippen LogP contribution in [0.1, 0.15) is 57.6 Å². The average molecular weight is 262 g/mol. The minimum Gasteiger partial charge on any atom is -0.487 e. The molecule has 0 amide bonds. The number of unbranched alkanes of at least 4 members (excludes halogenated alkanes) is 6. The van der Waals surface area contributed by atoms with Crippen molar-refractivity contribution in [2.24, 2.45) is 7.05 Å². The van der Waals surface area contributed by atoms with Crippen molar-refractivity contribution in [3.8, 4) is 0 Å². The highest BCUT2D eigenvalue weighted by molar-refractivity contribution is 5.85. The number of rotatable bonds is 8. The zero-order valence-corrected chi connectivity index (χ0v) is 11.7. The van der Waals surface area contributed by atoms with Gasteiger partial charge < -0.3 is 4.52 Å². The summed E-state index contributed by atoms with van der Waals surface area (Å²) in [4.78, 5) is 0. The van der Waals surface area contributed by atoms with Crippen LogP contribution in [0.5, 0.6) is 0 Å². The van der Waals surface area contributed by atoms with Crippen molar-refractivity contribution in [2.45, 2.75) is 58.3 Å². The summed E-state index contributed by atoms with van der Waals surface area (Å²) in [5.41, 5.74) is 1.13. The van der Waals surface area contributed by atoms with E-state index < -0.39 is 0 Å². The monoisotopic (exact) mass is 261 g/mol. The summed E-state index contributed by atoms with van der Waals surface area (Å²) >= 11 is 0. The molecule has 0 aliphatic carbocycles. The van der Waals surface area contributed by atoms with Crippen LogP contribution in [0.4, 0.5) is 0 Å². The van der Waals surface area contributed by atoms with Crippen molar-refractivity contribution in [1.29, 1.82) is 5.41 Å². The van der Waals surface area contributed by atoms with Gasteiger partial charge in [0.2, 0.25) is 5.69 Å². The molecule has 0 bridgehead atoms. The van der Waals surface area contributed by atoms with Gasteiger partial charge in [0.25, 0.3) is 5.55 Å². The van der Waals surface area contributed by atoms with Crippen LogP contribution >= 0.6 is 12.4 Å². The van der Waals surface area contributed by atoms with E-state index in [4.69, 9.17) is 9.93 Å². The lowest BCUT2D eigenvalue weighted by atomic mass is 10.1. The third-order valence-electron chi connectivity index (χ3n) is 2.92. The van der Waals surface area contributed by atoms with Gasteiger partial charge in [-0.15, -0.1) is 12.4 Å². The summed E-state index contributed by atoms with van der Waals surface area (Å²) in [5, 5.41) is 11.2. The fraction of sp³-hybridized carbons (Fsp3) is 0.833. The largest absolute Gasteiger partial charge is 0.487 e. The molecule has 1 aromatic heterocycles. The third kappa shape index (κ3) is 5.91. The van der Waals surface area contributed by atoms with Crippen LogP contribution in [-0.2, 0) is 13.5 Å². The molecule has 17 heavy (non-hydrogen) atoms. The Morgan fingerprint density at radius 2 is 1.71 bits per heavy atom. The van der Waals surface area contributed by atoms with E-state index in [2.05, 4.69) is 12.2 Å². The van der Waals surface area contributed by atoms with Gasteiger partial charge in [0.05, 0.1) is 0 Å². The van der Waals surface area contributed by atoms with E-state index in [9.17, 15) is 0 Å². The Morgan fingerprint density at radius 1 is 1.12 bits per heavy atom. The van der Waals surface area contributed by atoms with E-state index >= 15 is 0 Å². The Labute approximate surface area is 109 Å². The predicted molar refractivity (Wildman–Crippen MR) is 68.0 cm³/mol. The summed E-state index contributed by atoms with van der Waals surface area (Å²) in [5.74, 6) is 0. The van der Waals surface area contributed by atoms with Crippen LogP contribution in [0, 0.1) is 5.41 Å². The molecule has 1 aromatic rings. The minimum atomic E-state index is 0. The number of aryl methyl sites for hydroxylation is 1. The van der Waals surface area contributed by atoms with Gasteiger partial charge >= 0.3 is 0 Å². The zero-order chi connectivity index (χ0) is 11.8. The highest BCUT2D eigenvalue weighted by Gasteiger charge is 2.07. The van der Waals surface area contributed by atoms with E-state index in [0.29, 0.717) is 0 Å². The molecular weight excluding hydrogens is 238 g/mol. The van der Waals surface area contributed by atoms with E-state index in [1.807, 2.05) is 7.05 Å². The van der Waals surface area contributed by atoms with Gasteiger partial charge in [-0.1, -0.05) is 45.4 Å². The van der Waals surface area contributed by atoms with Crippen LogP contribution in [-0.4, -0.2) is 0 Å². The molecule has 0 aromatic carbocycles. The van der Waals surface area contributed by atoms with Gasteiger partial charge in [0, 0.05) is 6.42 Å². The Bertz CT molecular complexity index is 346. The molecule has 4 nitrogen and oxygen atoms in total. The van der Waals surface area contributed by atoms with E-state index in [-0.39, 0.29) is 18.0 Å². The summed E-state index contributed by atoms with van der Waals surface area (Å²) in [6, 6.07) is 0. The molecule has 1 heterocycles. The molecule has 0 saturated heterocycles. The number of halogens is 1. The van der Waals surface area contributed by atoms with Crippen LogP contribution in [0.25, 0.3) is 0 Å². The Balaban J connectivity index is 0.00000256. The van der Waals surface area contributed by atoms with E-state index in [0.717, 1.165) is 18.5 Å². The molecule has 0 aliphatic heterocycles. The number of nitrogens with one attached hydrogen (secondary N) is 1. The second-order valence-corrected chi connectivity index (χ2v) is 4.34. The molecule has 0 radical (unpaired) electrons. The van der Waals surface area contributed by atoms with Crippen molar-refractivity contribution in [1.82, 2.24) is 5.27 Å². The maximum absolute atomic E-state index is 7.51. The lowest BCUT2D eigenvalue weighted by Crippen LogP contribution is -2.37. The zero-order valence-electron chi connectivity index (χ0n) is 10.9. The molecule has 0 aliphatic rings. The first-order valence-corrected chi connectivity index (χ1v) is 6.32. The lowest BCUT2D eigenvalue weighted by molar-refractivity contribution is -0.751. The summed E-state index contributed by atoms with van der Waals surface area (Å²) in [6.45, 7) is 2.24. The number of aromatic nitrogens is 2. The van der Waals surface area contributed by atoms with Gasteiger partial charge in [-0.2, -0.15) is 0 Å². The standard InChI is InChI=1S/C12H23N3O.ClH/c1-3-4-5-6-7-8-9-10-11-12(13)16-14-15(11)2;/h13H,3-10H2,1-2H3;1H. The number of hydrogen-bond donors (Lipinski definition) is 1. The van der Waals surface area contributed by atoms with Gasteiger partial charge in [0.15, 0.2) is 0 Å². The van der Waals surface area contributed by atoms with Crippen LogP contribution in [0.15, 0.2) is 4.52 Å². The second-order valence-electron chi connectivity index (χ2n) is 4.34. The first-order chi connectivity index (χ1) is 7.75. The molecular formula is C12H24ClN3O. The smallest absolute Gasteiger partial charge is 0.268 e. The SMILES string of the molecule is CCCCCCCCCc1c(=N)o[n-][n+]1C.Cl. The molecule has 0 saturated carbocycles. The normalized spacial score (nSPS) is 10.2. The van der Waals surface area contributed by atoms with E-state index in [1.54, 1.807) is 4.68 Å². The van der Waals surface area contributed by atoms with Crippen LogP contribution < -0.4 is 15.5 Å². The molecule has 0 fully saturated rings. The molecule has 5 heteroatoms. The Kier molecular flexibility index (Phi) is 8.86. The first kappa shape index (κ1) is 16.2. The van der Waals surface area contributed by atoms with Gasteiger partial charge in [0.1, 0.15) is 7.05 Å². The highest BCUT2D eigenvalue weighted by atomic mass is 35.5. The van der Waals surface area contributed by atoms with Crippen LogP contribution in [0.2, 0.25) is 0 Å². The van der Waals surface area contributed by atoms with Crippen molar-refractivity contribution in [3.63, 3.8) is 0 Å². The minimum absolute atomic E-state index is 0. The quantitative estimate of drug-likeness (QED) is 0.576. The van der Waals surface area contributed by atoms with Gasteiger partial charge in [-0.05, 0) is 6.42 Å². The maximum atomic E-state index is 7.51. The molecule has 100 valence electrons. The molecule has 0 spiro atoms. The topological polar surface area (TPSA) is 55.0 Å². The van der Waals surface area contributed by atoms with E-state index in [1.165, 1.54) is 38.5 Å². The number of nitrogens with zero attached hydrogens (tertiary/aromatic N) is 2. The summed E-state index contributed by atoms with van der Waals surface area (Å²) in [6.07, 6.45) is 9.96. The lowest BCUT2D eigenvalue weighted by Gasteiger charge is -1.99. The first-order valence-electron chi connectivity index (χ1n) is 6.32. The van der Waals surface area contributed by atoms with Crippen molar-refractivity contribution < 1.29 is 9.20 Å². The van der Waals surface area contributed by atoms with Crippen LogP contribution in [0.3, 0.4) is 0 Å². The predicted octanol–water partition coefficient (Wildman–Crippen LogP) is 2.26. The summed E-state index contributed by atoms with van der Waals surface area (Å²) < 4.78 is 6.45. The summed E-state index contributed by atoms with van der Waals surface area (Å²) in [7, 11) is 1.83. The third-order valence-corrected chi connectivity index (χ3v) is 2.92. The molecule has 1 N–H and O–H groups in total. The average Bonchev–Trinajstić information content (AvgIpc) is 2.59. The maximum Gasteiger partial charge on any atom is 0.268 e. The Hall–Kier alpha value is -0.770.